The van der Waals surface area contributed by atoms with Crippen molar-refractivity contribution in [3.63, 3.8) is 0 Å². The van der Waals surface area contributed by atoms with Crippen LogP contribution in [0.15, 0.2) is 72.8 Å². The Morgan fingerprint density at radius 3 is 2.44 bits per heavy atom. The highest BCUT2D eigenvalue weighted by molar-refractivity contribution is 6.32. The van der Waals surface area contributed by atoms with Gasteiger partial charge in [-0.05, 0) is 60.9 Å². The highest BCUT2D eigenvalue weighted by Crippen LogP contribution is 2.53. The molecule has 2 heterocycles. The largest absolute Gasteiger partial charge is 0.449 e. The summed E-state index contributed by atoms with van der Waals surface area (Å²) >= 11 is 11.7. The van der Waals surface area contributed by atoms with Crippen molar-refractivity contribution in [3.8, 4) is 0 Å². The molecule has 3 aromatic rings. The maximum absolute atomic E-state index is 13.9. The van der Waals surface area contributed by atoms with E-state index in [1.54, 1.807) is 25.1 Å². The minimum atomic E-state index is -1.27. The predicted octanol–water partition coefficient (Wildman–Crippen LogP) is 6.21. The van der Waals surface area contributed by atoms with Gasteiger partial charge in [-0.25, -0.2) is 14.1 Å². The number of nitrogens with one attached hydrogen (secondary N) is 1. The number of piperidine rings is 1. The van der Waals surface area contributed by atoms with Crippen LogP contribution in [-0.2, 0) is 19.7 Å². The molecule has 0 aliphatic carbocycles. The van der Waals surface area contributed by atoms with Gasteiger partial charge in [0.2, 0.25) is 11.8 Å². The van der Waals surface area contributed by atoms with E-state index in [2.05, 4.69) is 5.32 Å². The Labute approximate surface area is 218 Å². The van der Waals surface area contributed by atoms with Gasteiger partial charge in [0.05, 0.1) is 18.3 Å². The second kappa shape index (κ2) is 10.7. The van der Waals surface area contributed by atoms with Crippen molar-refractivity contribution in [1.82, 2.24) is 5.32 Å². The van der Waals surface area contributed by atoms with E-state index in [0.717, 1.165) is 9.92 Å². The van der Waals surface area contributed by atoms with Crippen molar-refractivity contribution < 1.29 is 23.5 Å². The lowest BCUT2D eigenvalue weighted by molar-refractivity contribution is -0.130. The summed E-state index contributed by atoms with van der Waals surface area (Å²) in [5, 5.41) is 3.98. The first-order chi connectivity index (χ1) is 17.3. The molecule has 2 atom stereocenters. The summed E-state index contributed by atoms with van der Waals surface area (Å²) in [6.45, 7) is 1.74. The average molecular weight is 529 g/mol. The summed E-state index contributed by atoms with van der Waals surface area (Å²) in [5.74, 6) is -1.26. The Bertz CT molecular complexity index is 1300. The predicted molar refractivity (Wildman–Crippen MR) is 136 cm³/mol. The number of carbonyl (C=O) groups is 3. The van der Waals surface area contributed by atoms with Crippen molar-refractivity contribution in [2.75, 3.05) is 11.5 Å². The van der Waals surface area contributed by atoms with Crippen molar-refractivity contribution in [1.29, 1.82) is 0 Å². The van der Waals surface area contributed by atoms with Crippen LogP contribution in [0.4, 0.5) is 14.9 Å². The third-order valence-electron chi connectivity index (χ3n) is 6.18. The van der Waals surface area contributed by atoms with Crippen LogP contribution < -0.4 is 10.2 Å². The minimum absolute atomic E-state index is 0.0928. The number of hydrogen-bond donors (Lipinski definition) is 1. The van der Waals surface area contributed by atoms with E-state index in [9.17, 15) is 18.8 Å². The first-order valence-corrected chi connectivity index (χ1v) is 12.1. The SMILES string of the molecule is CCOC(=O)N1C(=O)[C@]2(CCC(=O)N[C@@H]2c2cccc(F)c2)c2ccc(Cl)cc21.Clc1ccccc1. The second-order valence-corrected chi connectivity index (χ2v) is 9.20. The van der Waals surface area contributed by atoms with Crippen LogP contribution >= 0.6 is 23.2 Å². The number of carbonyl (C=O) groups excluding carboxylic acids is 3. The van der Waals surface area contributed by atoms with Crippen LogP contribution in [0.3, 0.4) is 0 Å². The van der Waals surface area contributed by atoms with Gasteiger partial charge in [-0.1, -0.05) is 59.6 Å². The molecule has 0 bridgehead atoms. The molecule has 1 saturated heterocycles. The number of benzene rings is 3. The molecule has 3 amide bonds. The zero-order valence-corrected chi connectivity index (χ0v) is 20.9. The third kappa shape index (κ3) is 4.81. The van der Waals surface area contributed by atoms with Gasteiger partial charge in [-0.15, -0.1) is 0 Å². The van der Waals surface area contributed by atoms with Gasteiger partial charge in [0, 0.05) is 16.5 Å². The number of hydrogen-bond acceptors (Lipinski definition) is 4. The molecule has 0 radical (unpaired) electrons. The van der Waals surface area contributed by atoms with Crippen molar-refractivity contribution in [2.24, 2.45) is 0 Å². The Kier molecular flexibility index (Phi) is 7.62. The van der Waals surface area contributed by atoms with Crippen LogP contribution in [-0.4, -0.2) is 24.5 Å². The van der Waals surface area contributed by atoms with Crippen molar-refractivity contribution in [2.45, 2.75) is 31.2 Å². The van der Waals surface area contributed by atoms with Crippen LogP contribution in [0.1, 0.15) is 36.9 Å². The molecule has 6 nitrogen and oxygen atoms in total. The molecule has 36 heavy (non-hydrogen) atoms. The van der Waals surface area contributed by atoms with E-state index in [1.165, 1.54) is 24.3 Å². The van der Waals surface area contributed by atoms with E-state index in [1.807, 2.05) is 30.3 Å². The van der Waals surface area contributed by atoms with Crippen LogP contribution in [0.25, 0.3) is 0 Å². The molecule has 9 heteroatoms. The number of halogens is 3. The van der Waals surface area contributed by atoms with E-state index < -0.39 is 29.3 Å². The summed E-state index contributed by atoms with van der Waals surface area (Å²) in [6.07, 6.45) is -0.549. The fourth-order valence-corrected chi connectivity index (χ4v) is 4.97. The van der Waals surface area contributed by atoms with Gasteiger partial charge >= 0.3 is 6.09 Å². The van der Waals surface area contributed by atoms with Crippen molar-refractivity contribution >= 4 is 46.8 Å². The lowest BCUT2D eigenvalue weighted by Crippen LogP contribution is -2.55. The molecule has 1 fully saturated rings. The molecule has 2 aliphatic heterocycles. The quantitative estimate of drug-likeness (QED) is 0.428. The Hall–Kier alpha value is -3.42. The summed E-state index contributed by atoms with van der Waals surface area (Å²) in [4.78, 5) is 39.5. The van der Waals surface area contributed by atoms with Crippen LogP contribution in [0.5, 0.6) is 0 Å². The minimum Gasteiger partial charge on any atom is -0.449 e. The number of amides is 3. The zero-order chi connectivity index (χ0) is 25.9. The summed E-state index contributed by atoms with van der Waals surface area (Å²) < 4.78 is 19.0. The average Bonchev–Trinajstić information content (AvgIpc) is 3.09. The third-order valence-corrected chi connectivity index (χ3v) is 6.66. The molecule has 0 saturated carbocycles. The van der Waals surface area contributed by atoms with E-state index >= 15 is 0 Å². The first kappa shape index (κ1) is 25.7. The molecule has 0 unspecified atom stereocenters. The highest BCUT2D eigenvalue weighted by Gasteiger charge is 2.60. The normalized spacial score (nSPS) is 20.3. The fraction of sp³-hybridized carbons (Fsp3) is 0.222. The van der Waals surface area contributed by atoms with Gasteiger partial charge in [0.15, 0.2) is 0 Å². The summed E-state index contributed by atoms with van der Waals surface area (Å²) in [7, 11) is 0. The van der Waals surface area contributed by atoms with Gasteiger partial charge in [0.25, 0.3) is 0 Å². The van der Waals surface area contributed by atoms with Gasteiger partial charge in [-0.2, -0.15) is 0 Å². The molecule has 186 valence electrons. The number of imide groups is 1. The number of fused-ring (bicyclic) bond motifs is 2. The highest BCUT2D eigenvalue weighted by atomic mass is 35.5. The van der Waals surface area contributed by atoms with E-state index in [0.29, 0.717) is 21.8 Å². The van der Waals surface area contributed by atoms with Crippen LogP contribution in [0.2, 0.25) is 10.0 Å². The molecule has 5 rings (SSSR count). The fourth-order valence-electron chi connectivity index (χ4n) is 4.66. The van der Waals surface area contributed by atoms with Crippen LogP contribution in [0, 0.1) is 5.82 Å². The number of nitrogens with zero attached hydrogens (tertiary/aromatic N) is 1. The molecule has 0 aromatic heterocycles. The van der Waals surface area contributed by atoms with E-state index in [4.69, 9.17) is 27.9 Å². The number of anilines is 1. The molecule has 3 aromatic carbocycles. The molecule has 2 aliphatic rings. The summed E-state index contributed by atoms with van der Waals surface area (Å²) in [5.41, 5.74) is 0.0414. The van der Waals surface area contributed by atoms with Crippen molar-refractivity contribution in [3.05, 3.63) is 99.8 Å². The zero-order valence-electron chi connectivity index (χ0n) is 19.3. The lowest BCUT2D eigenvalue weighted by Gasteiger charge is -2.40. The Balaban J connectivity index is 0.000000375. The first-order valence-electron chi connectivity index (χ1n) is 11.3. The van der Waals surface area contributed by atoms with E-state index in [-0.39, 0.29) is 25.4 Å². The Morgan fingerprint density at radius 1 is 1.06 bits per heavy atom. The van der Waals surface area contributed by atoms with Gasteiger partial charge < -0.3 is 10.1 Å². The summed E-state index contributed by atoms with van der Waals surface area (Å²) in [6, 6.07) is 19.2. The molecule has 1 spiro atoms. The Morgan fingerprint density at radius 2 is 1.81 bits per heavy atom. The molecular formula is C27H23Cl2FN2O4. The number of rotatable bonds is 2. The monoisotopic (exact) mass is 528 g/mol. The standard InChI is InChI=1S/C21H18ClFN2O4.C6H5Cl/c1-2-29-20(28)25-16-11-13(22)6-7-15(16)21(19(25)27)9-8-17(26)24-18(21)12-4-3-5-14(23)10-12;7-6-4-2-1-3-5-6/h3-7,10-11,18H,2,8-9H2,1H3,(H,24,26);1-5H/t18-,21-;/m1./s1. The van der Waals surface area contributed by atoms with Gasteiger partial charge in [0.1, 0.15) is 11.2 Å². The maximum atomic E-state index is 13.9. The smallest absolute Gasteiger partial charge is 0.421 e. The number of ether oxygens (including phenoxy) is 1. The van der Waals surface area contributed by atoms with Gasteiger partial charge in [-0.3, -0.25) is 9.59 Å². The maximum Gasteiger partial charge on any atom is 0.421 e. The topological polar surface area (TPSA) is 75.7 Å². The molecular weight excluding hydrogens is 506 g/mol. The molecule has 1 N–H and O–H groups in total. The second-order valence-electron chi connectivity index (χ2n) is 8.32. The lowest BCUT2D eigenvalue weighted by atomic mass is 9.67.